The molecule has 1 aliphatic heterocycles. The molecule has 1 fully saturated rings. The number of fused-ring (bicyclic) bond motifs is 1. The highest BCUT2D eigenvalue weighted by atomic mass is 16.2. The van der Waals surface area contributed by atoms with Crippen molar-refractivity contribution < 1.29 is 4.79 Å². The number of hydrogen-bond donors (Lipinski definition) is 1. The van der Waals surface area contributed by atoms with E-state index in [1.165, 1.54) is 54.4 Å². The lowest BCUT2D eigenvalue weighted by Crippen LogP contribution is -2.38. The number of benzene rings is 2. The predicted molar refractivity (Wildman–Crippen MR) is 127 cm³/mol. The van der Waals surface area contributed by atoms with Crippen LogP contribution in [0.5, 0.6) is 0 Å². The fourth-order valence-corrected chi connectivity index (χ4v) is 5.00. The number of aromatic nitrogens is 1. The van der Waals surface area contributed by atoms with E-state index < -0.39 is 0 Å². The molecule has 31 heavy (non-hydrogen) atoms. The van der Waals surface area contributed by atoms with E-state index in [2.05, 4.69) is 52.8 Å². The van der Waals surface area contributed by atoms with Crippen molar-refractivity contribution in [1.82, 2.24) is 4.98 Å². The number of rotatable bonds is 3. The molecule has 2 aliphatic rings. The van der Waals surface area contributed by atoms with Gasteiger partial charge in [0.05, 0.1) is 0 Å². The van der Waals surface area contributed by atoms with E-state index in [0.717, 1.165) is 36.7 Å². The summed E-state index contributed by atoms with van der Waals surface area (Å²) < 4.78 is 0. The third kappa shape index (κ3) is 4.34. The Bertz CT molecular complexity index is 1040. The second-order valence-electron chi connectivity index (χ2n) is 8.72. The number of amides is 2. The highest BCUT2D eigenvalue weighted by molar-refractivity contribution is 6.02. The fourth-order valence-electron chi connectivity index (χ4n) is 5.00. The third-order valence-corrected chi connectivity index (χ3v) is 6.70. The maximum Gasteiger partial charge on any atom is 0.326 e. The number of hydrogen-bond acceptors (Lipinski definition) is 2. The third-order valence-electron chi connectivity index (χ3n) is 6.70. The van der Waals surface area contributed by atoms with Gasteiger partial charge in [-0.3, -0.25) is 9.88 Å². The van der Waals surface area contributed by atoms with E-state index in [1.807, 2.05) is 17.0 Å². The maximum absolute atomic E-state index is 12.9. The number of nitrogens with one attached hydrogen (secondary N) is 1. The SMILES string of the molecule is O=C(Nc1ccncc1)N1CCCc2cc(-c3ccc(C4CCCCC4)cc3)ccc21. The highest BCUT2D eigenvalue weighted by Crippen LogP contribution is 2.35. The highest BCUT2D eigenvalue weighted by Gasteiger charge is 2.23. The zero-order valence-electron chi connectivity index (χ0n) is 17.9. The number of anilines is 2. The smallest absolute Gasteiger partial charge is 0.307 e. The Morgan fingerprint density at radius 3 is 2.39 bits per heavy atom. The molecule has 1 aromatic heterocycles. The lowest BCUT2D eigenvalue weighted by molar-refractivity contribution is 0.256. The van der Waals surface area contributed by atoms with Gasteiger partial charge in [0, 0.05) is 30.3 Å². The Balaban J connectivity index is 1.34. The lowest BCUT2D eigenvalue weighted by Gasteiger charge is -2.30. The number of urea groups is 1. The van der Waals surface area contributed by atoms with Crippen molar-refractivity contribution in [2.75, 3.05) is 16.8 Å². The molecule has 4 heteroatoms. The predicted octanol–water partition coefficient (Wildman–Crippen LogP) is 6.78. The number of carbonyl (C=O) groups excluding carboxylic acids is 1. The van der Waals surface area contributed by atoms with E-state index in [0.29, 0.717) is 0 Å². The Labute approximate surface area is 184 Å². The molecule has 0 radical (unpaired) electrons. The number of nitrogens with zero attached hydrogens (tertiary/aromatic N) is 2. The molecule has 1 saturated carbocycles. The summed E-state index contributed by atoms with van der Waals surface area (Å²) >= 11 is 0. The molecule has 0 spiro atoms. The van der Waals surface area contributed by atoms with Crippen LogP contribution < -0.4 is 10.2 Å². The first-order chi connectivity index (χ1) is 15.3. The fraction of sp³-hybridized carbons (Fsp3) is 0.333. The molecule has 2 heterocycles. The zero-order chi connectivity index (χ0) is 21.0. The molecule has 0 saturated heterocycles. The normalized spacial score (nSPS) is 16.6. The van der Waals surface area contributed by atoms with Crippen LogP contribution in [-0.2, 0) is 6.42 Å². The molecule has 1 N–H and O–H groups in total. The van der Waals surface area contributed by atoms with Crippen LogP contribution in [-0.4, -0.2) is 17.6 Å². The van der Waals surface area contributed by atoms with Gasteiger partial charge in [-0.05, 0) is 78.1 Å². The summed E-state index contributed by atoms with van der Waals surface area (Å²) in [5.74, 6) is 0.735. The average molecular weight is 412 g/mol. The van der Waals surface area contributed by atoms with Gasteiger partial charge in [-0.25, -0.2) is 4.79 Å². The summed E-state index contributed by atoms with van der Waals surface area (Å²) in [4.78, 5) is 18.7. The molecular formula is C27H29N3O. The van der Waals surface area contributed by atoms with Gasteiger partial charge in [-0.15, -0.1) is 0 Å². The Morgan fingerprint density at radius 2 is 1.61 bits per heavy atom. The average Bonchev–Trinajstić information content (AvgIpc) is 2.84. The van der Waals surface area contributed by atoms with Crippen molar-refractivity contribution in [2.45, 2.75) is 50.9 Å². The van der Waals surface area contributed by atoms with E-state index in [4.69, 9.17) is 0 Å². The van der Waals surface area contributed by atoms with Gasteiger partial charge < -0.3 is 5.32 Å². The molecule has 5 rings (SSSR count). The Kier molecular flexibility index (Phi) is 5.70. The van der Waals surface area contributed by atoms with Gasteiger partial charge in [0.25, 0.3) is 0 Å². The molecule has 0 atom stereocenters. The van der Waals surface area contributed by atoms with Gasteiger partial charge in [0.1, 0.15) is 0 Å². The second-order valence-corrected chi connectivity index (χ2v) is 8.72. The first-order valence-electron chi connectivity index (χ1n) is 11.5. The van der Waals surface area contributed by atoms with Crippen LogP contribution in [0.15, 0.2) is 67.0 Å². The molecule has 1 aliphatic carbocycles. The quantitative estimate of drug-likeness (QED) is 0.516. The van der Waals surface area contributed by atoms with Crippen molar-refractivity contribution in [2.24, 2.45) is 0 Å². The summed E-state index contributed by atoms with van der Waals surface area (Å²) in [6.07, 6.45) is 12.1. The molecular weight excluding hydrogens is 382 g/mol. The molecule has 0 bridgehead atoms. The molecule has 158 valence electrons. The van der Waals surface area contributed by atoms with E-state index in [1.54, 1.807) is 12.4 Å². The van der Waals surface area contributed by atoms with Crippen LogP contribution in [0.2, 0.25) is 0 Å². The van der Waals surface area contributed by atoms with Crippen molar-refractivity contribution in [3.63, 3.8) is 0 Å². The molecule has 2 amide bonds. The minimum atomic E-state index is -0.0864. The Hall–Kier alpha value is -3.14. The minimum absolute atomic E-state index is 0.0864. The van der Waals surface area contributed by atoms with E-state index >= 15 is 0 Å². The van der Waals surface area contributed by atoms with E-state index in [-0.39, 0.29) is 6.03 Å². The van der Waals surface area contributed by atoms with Crippen LogP contribution in [0.1, 0.15) is 55.6 Å². The van der Waals surface area contributed by atoms with Crippen molar-refractivity contribution in [1.29, 1.82) is 0 Å². The summed E-state index contributed by atoms with van der Waals surface area (Å²) in [7, 11) is 0. The maximum atomic E-state index is 12.9. The van der Waals surface area contributed by atoms with Crippen molar-refractivity contribution >= 4 is 17.4 Å². The number of aryl methyl sites for hydroxylation is 1. The van der Waals surface area contributed by atoms with Crippen LogP contribution in [0.4, 0.5) is 16.2 Å². The van der Waals surface area contributed by atoms with Gasteiger partial charge in [0.15, 0.2) is 0 Å². The molecule has 3 aromatic rings. The van der Waals surface area contributed by atoms with Gasteiger partial charge in [-0.1, -0.05) is 49.6 Å². The summed E-state index contributed by atoms with van der Waals surface area (Å²) in [5.41, 5.74) is 6.98. The zero-order valence-corrected chi connectivity index (χ0v) is 17.9. The topological polar surface area (TPSA) is 45.2 Å². The molecule has 0 unspecified atom stereocenters. The number of carbonyl (C=O) groups is 1. The largest absolute Gasteiger partial charge is 0.326 e. The minimum Gasteiger partial charge on any atom is -0.307 e. The first-order valence-corrected chi connectivity index (χ1v) is 11.5. The standard InChI is InChI=1S/C27H29N3O/c31-27(29-25-14-16-28-17-15-25)30-18-4-7-24-19-23(12-13-26(24)30)22-10-8-21(9-11-22)20-5-2-1-3-6-20/h8-17,19-20H,1-7,18H2,(H,28,29,31). The second kappa shape index (κ2) is 8.93. The number of pyridine rings is 1. The van der Waals surface area contributed by atoms with Crippen LogP contribution in [0.25, 0.3) is 11.1 Å². The monoisotopic (exact) mass is 411 g/mol. The summed E-state index contributed by atoms with van der Waals surface area (Å²) in [6.45, 7) is 0.735. The first kappa shape index (κ1) is 19.8. The molecule has 4 nitrogen and oxygen atoms in total. The van der Waals surface area contributed by atoms with Crippen LogP contribution >= 0.6 is 0 Å². The van der Waals surface area contributed by atoms with Gasteiger partial charge in [0.2, 0.25) is 0 Å². The van der Waals surface area contributed by atoms with Crippen molar-refractivity contribution in [3.05, 3.63) is 78.1 Å². The van der Waals surface area contributed by atoms with Crippen molar-refractivity contribution in [3.8, 4) is 11.1 Å². The van der Waals surface area contributed by atoms with E-state index in [9.17, 15) is 4.79 Å². The molecule has 2 aromatic carbocycles. The van der Waals surface area contributed by atoms with Gasteiger partial charge >= 0.3 is 6.03 Å². The summed E-state index contributed by atoms with van der Waals surface area (Å²) in [5, 5.41) is 2.98. The summed E-state index contributed by atoms with van der Waals surface area (Å²) in [6, 6.07) is 19.2. The lowest BCUT2D eigenvalue weighted by atomic mass is 9.83. The van der Waals surface area contributed by atoms with Crippen LogP contribution in [0, 0.1) is 0 Å². The Morgan fingerprint density at radius 1 is 0.871 bits per heavy atom. The van der Waals surface area contributed by atoms with Crippen LogP contribution in [0.3, 0.4) is 0 Å². The van der Waals surface area contributed by atoms with Gasteiger partial charge in [-0.2, -0.15) is 0 Å².